The molecule has 174 valence electrons. The highest BCUT2D eigenvalue weighted by molar-refractivity contribution is 7.91. The topological polar surface area (TPSA) is 72.8 Å². The van der Waals surface area contributed by atoms with E-state index < -0.39 is 9.84 Å². The zero-order chi connectivity index (χ0) is 22.6. The summed E-state index contributed by atoms with van der Waals surface area (Å²) < 4.78 is 37.3. The van der Waals surface area contributed by atoms with Gasteiger partial charge in [-0.3, -0.25) is 4.90 Å². The third-order valence-electron chi connectivity index (χ3n) is 7.31. The lowest BCUT2D eigenvalue weighted by atomic mass is 10.0. The summed E-state index contributed by atoms with van der Waals surface area (Å²) in [4.78, 5) is 2.50. The van der Waals surface area contributed by atoms with Crippen LogP contribution in [-0.4, -0.2) is 55.2 Å². The number of sulfone groups is 1. The highest BCUT2D eigenvalue weighted by Gasteiger charge is 2.31. The molecule has 7 nitrogen and oxygen atoms in total. The molecule has 3 aliphatic rings. The van der Waals surface area contributed by atoms with Crippen LogP contribution in [0.15, 0.2) is 36.4 Å². The van der Waals surface area contributed by atoms with Crippen molar-refractivity contribution in [1.82, 2.24) is 9.47 Å². The number of benzene rings is 2. The maximum Gasteiger partial charge on any atom is 0.163 e. The first-order valence-corrected chi connectivity index (χ1v) is 13.5. The maximum atomic E-state index is 11.8. The van der Waals surface area contributed by atoms with E-state index in [2.05, 4.69) is 40.0 Å². The van der Waals surface area contributed by atoms with Crippen LogP contribution in [0.5, 0.6) is 11.5 Å². The normalized spacial score (nSPS) is 20.5. The van der Waals surface area contributed by atoms with Gasteiger partial charge in [0.25, 0.3) is 0 Å². The molecule has 33 heavy (non-hydrogen) atoms. The van der Waals surface area contributed by atoms with Crippen molar-refractivity contribution in [3.63, 3.8) is 0 Å². The van der Waals surface area contributed by atoms with E-state index in [4.69, 9.17) is 9.47 Å². The van der Waals surface area contributed by atoms with E-state index >= 15 is 0 Å². The van der Waals surface area contributed by atoms with Crippen molar-refractivity contribution < 1.29 is 17.9 Å². The zero-order valence-corrected chi connectivity index (χ0v) is 19.7. The lowest BCUT2D eigenvalue weighted by molar-refractivity contribution is 0.166. The molecule has 0 spiro atoms. The van der Waals surface area contributed by atoms with Crippen molar-refractivity contribution in [2.75, 3.05) is 36.6 Å². The van der Waals surface area contributed by atoms with E-state index in [0.717, 1.165) is 55.2 Å². The number of ether oxygens (including phenoxy) is 2. The number of nitrogens with one attached hydrogen (secondary N) is 1. The number of fused-ring (bicyclic) bond motifs is 4. The molecule has 4 heterocycles. The fourth-order valence-corrected chi connectivity index (χ4v) is 6.98. The standard InChI is InChI=1S/C25H29N3O4S/c1-27-22-6-9-28(19-7-12-33(29,30)13-8-19)16-21(22)20-4-2-17(14-23(20)27)26-18-3-5-24-25(15-18)32-11-10-31-24/h2-5,14-15,19,26H,6-13,16H2,1H3. The minimum absolute atomic E-state index is 0.325. The number of aromatic nitrogens is 1. The van der Waals surface area contributed by atoms with E-state index in [1.807, 2.05) is 18.2 Å². The Bertz CT molecular complexity index is 1320. The molecule has 0 unspecified atom stereocenters. The smallest absolute Gasteiger partial charge is 0.163 e. The first-order chi connectivity index (χ1) is 16.0. The zero-order valence-electron chi connectivity index (χ0n) is 18.8. The van der Waals surface area contributed by atoms with Gasteiger partial charge >= 0.3 is 0 Å². The summed E-state index contributed by atoms with van der Waals surface area (Å²) in [5, 5.41) is 4.79. The Morgan fingerprint density at radius 2 is 1.70 bits per heavy atom. The Morgan fingerprint density at radius 3 is 2.52 bits per heavy atom. The highest BCUT2D eigenvalue weighted by atomic mass is 32.2. The third-order valence-corrected chi connectivity index (χ3v) is 9.02. The van der Waals surface area contributed by atoms with Crippen LogP contribution in [0.25, 0.3) is 10.9 Å². The number of rotatable bonds is 3. The minimum atomic E-state index is -2.83. The van der Waals surface area contributed by atoms with Crippen LogP contribution in [0.2, 0.25) is 0 Å². The molecule has 2 aromatic carbocycles. The maximum absolute atomic E-state index is 11.8. The molecule has 0 radical (unpaired) electrons. The number of aryl methyl sites for hydroxylation is 1. The van der Waals surface area contributed by atoms with Crippen LogP contribution in [-0.2, 0) is 29.9 Å². The molecule has 1 fully saturated rings. The Kier molecular flexibility index (Phi) is 5.03. The Hall–Kier alpha value is -2.71. The van der Waals surface area contributed by atoms with E-state index in [1.165, 1.54) is 22.2 Å². The van der Waals surface area contributed by atoms with Crippen molar-refractivity contribution >= 4 is 32.1 Å². The fraction of sp³-hybridized carbons (Fsp3) is 0.440. The quantitative estimate of drug-likeness (QED) is 0.634. The molecule has 3 aromatic rings. The summed E-state index contributed by atoms with van der Waals surface area (Å²) in [7, 11) is -0.683. The monoisotopic (exact) mass is 467 g/mol. The van der Waals surface area contributed by atoms with E-state index in [-0.39, 0.29) is 0 Å². The van der Waals surface area contributed by atoms with Gasteiger partial charge in [0.15, 0.2) is 11.5 Å². The van der Waals surface area contributed by atoms with Crippen molar-refractivity contribution in [2.45, 2.75) is 31.8 Å². The van der Waals surface area contributed by atoms with Gasteiger partial charge in [0.1, 0.15) is 23.1 Å². The van der Waals surface area contributed by atoms with Crippen LogP contribution in [0.4, 0.5) is 11.4 Å². The molecule has 0 bridgehead atoms. The van der Waals surface area contributed by atoms with Crippen molar-refractivity contribution in [3.8, 4) is 11.5 Å². The second-order valence-electron chi connectivity index (χ2n) is 9.30. The Labute approximate surface area is 194 Å². The second-order valence-corrected chi connectivity index (χ2v) is 11.6. The fourth-order valence-electron chi connectivity index (χ4n) is 5.51. The van der Waals surface area contributed by atoms with Gasteiger partial charge in [-0.25, -0.2) is 8.42 Å². The van der Waals surface area contributed by atoms with Crippen LogP contribution in [0, 0.1) is 0 Å². The van der Waals surface area contributed by atoms with Crippen LogP contribution in [0.1, 0.15) is 24.1 Å². The predicted molar refractivity (Wildman–Crippen MR) is 129 cm³/mol. The summed E-state index contributed by atoms with van der Waals surface area (Å²) in [5.74, 6) is 2.21. The number of hydrogen-bond donors (Lipinski definition) is 1. The molecule has 0 atom stereocenters. The van der Waals surface area contributed by atoms with E-state index in [0.29, 0.717) is 30.8 Å². The Balaban J connectivity index is 1.25. The average Bonchev–Trinajstić information content (AvgIpc) is 3.10. The van der Waals surface area contributed by atoms with Gasteiger partial charge in [0, 0.05) is 61.1 Å². The van der Waals surface area contributed by atoms with Crippen molar-refractivity contribution in [2.24, 2.45) is 7.05 Å². The van der Waals surface area contributed by atoms with Crippen LogP contribution >= 0.6 is 0 Å². The summed E-state index contributed by atoms with van der Waals surface area (Å²) in [6.45, 7) is 3.05. The number of hydrogen-bond acceptors (Lipinski definition) is 6. The van der Waals surface area contributed by atoms with Gasteiger partial charge in [0.2, 0.25) is 0 Å². The van der Waals surface area contributed by atoms with Gasteiger partial charge in [-0.2, -0.15) is 0 Å². The molecule has 1 aromatic heterocycles. The molecule has 3 aliphatic heterocycles. The average molecular weight is 468 g/mol. The van der Waals surface area contributed by atoms with Gasteiger partial charge < -0.3 is 19.4 Å². The first-order valence-electron chi connectivity index (χ1n) is 11.7. The second kappa shape index (κ2) is 7.95. The summed E-state index contributed by atoms with van der Waals surface area (Å²) >= 11 is 0. The molecule has 6 rings (SSSR count). The molecule has 0 aliphatic carbocycles. The van der Waals surface area contributed by atoms with Crippen molar-refractivity contribution in [1.29, 1.82) is 0 Å². The molecule has 8 heteroatoms. The molecule has 0 saturated carbocycles. The van der Waals surface area contributed by atoms with E-state index in [1.54, 1.807) is 0 Å². The summed E-state index contributed by atoms with van der Waals surface area (Å²) in [5.41, 5.74) is 6.00. The predicted octanol–water partition coefficient (Wildman–Crippen LogP) is 3.63. The molecular weight excluding hydrogens is 438 g/mol. The van der Waals surface area contributed by atoms with Gasteiger partial charge in [0.05, 0.1) is 17.0 Å². The first kappa shape index (κ1) is 20.9. The van der Waals surface area contributed by atoms with Crippen LogP contribution in [0.3, 0.4) is 0 Å². The molecule has 0 amide bonds. The highest BCUT2D eigenvalue weighted by Crippen LogP contribution is 2.36. The van der Waals surface area contributed by atoms with E-state index in [9.17, 15) is 8.42 Å². The summed E-state index contributed by atoms with van der Waals surface area (Å²) in [6, 6.07) is 12.9. The molecule has 1 N–H and O–H groups in total. The number of anilines is 2. The Morgan fingerprint density at radius 1 is 0.970 bits per heavy atom. The molecule has 1 saturated heterocycles. The van der Waals surface area contributed by atoms with Gasteiger partial charge in [-0.15, -0.1) is 0 Å². The van der Waals surface area contributed by atoms with Gasteiger partial charge in [-0.1, -0.05) is 6.07 Å². The third kappa shape index (κ3) is 3.85. The van der Waals surface area contributed by atoms with Gasteiger partial charge in [-0.05, 0) is 42.7 Å². The summed E-state index contributed by atoms with van der Waals surface area (Å²) in [6.07, 6.45) is 2.51. The molecular formula is C25H29N3O4S. The largest absolute Gasteiger partial charge is 0.486 e. The number of nitrogens with zero attached hydrogens (tertiary/aromatic N) is 2. The van der Waals surface area contributed by atoms with Crippen molar-refractivity contribution in [3.05, 3.63) is 47.7 Å². The lowest BCUT2D eigenvalue weighted by Gasteiger charge is -2.37. The van der Waals surface area contributed by atoms with Crippen LogP contribution < -0.4 is 14.8 Å². The SMILES string of the molecule is Cn1c2c(c3ccc(Nc4ccc5c(c4)OCCO5)cc31)CN(C1CCS(=O)(=O)CC1)CC2. The minimum Gasteiger partial charge on any atom is -0.486 e. The lowest BCUT2D eigenvalue weighted by Crippen LogP contribution is -2.43.